The number of carbonyl (C=O) groups is 1. The fraction of sp³-hybridized carbons (Fsp3) is 0.188. The molecule has 0 fully saturated rings. The van der Waals surface area contributed by atoms with Gasteiger partial charge in [-0.05, 0) is 56.2 Å². The first kappa shape index (κ1) is 14.6. The number of carbonyl (C=O) groups excluding carboxylic acids is 1. The lowest BCUT2D eigenvalue weighted by molar-refractivity contribution is 0.102. The minimum absolute atomic E-state index is 0.126. The summed E-state index contributed by atoms with van der Waals surface area (Å²) in [6.07, 6.45) is 0. The molecule has 0 unspecified atom stereocenters. The Balaban J connectivity index is 2.30. The Labute approximate surface area is 126 Å². The van der Waals surface area contributed by atoms with Gasteiger partial charge >= 0.3 is 0 Å². The third-order valence-electron chi connectivity index (χ3n) is 3.24. The molecule has 0 aliphatic carbocycles. The quantitative estimate of drug-likeness (QED) is 0.859. The summed E-state index contributed by atoms with van der Waals surface area (Å²) in [6.45, 7) is 5.68. The number of aromatic hydroxyl groups is 1. The molecule has 2 aromatic carbocycles. The van der Waals surface area contributed by atoms with Gasteiger partial charge in [0, 0.05) is 21.3 Å². The van der Waals surface area contributed by atoms with Crippen molar-refractivity contribution in [1.82, 2.24) is 0 Å². The van der Waals surface area contributed by atoms with Crippen molar-refractivity contribution < 1.29 is 9.90 Å². The van der Waals surface area contributed by atoms with Gasteiger partial charge in [0.25, 0.3) is 5.91 Å². The normalized spacial score (nSPS) is 10.4. The molecule has 2 rings (SSSR count). The molecule has 2 aromatic rings. The van der Waals surface area contributed by atoms with Gasteiger partial charge in [0.15, 0.2) is 0 Å². The van der Waals surface area contributed by atoms with E-state index in [-0.39, 0.29) is 11.7 Å². The van der Waals surface area contributed by atoms with E-state index >= 15 is 0 Å². The van der Waals surface area contributed by atoms with E-state index in [0.717, 1.165) is 21.3 Å². The van der Waals surface area contributed by atoms with Gasteiger partial charge in [-0.25, -0.2) is 0 Å². The largest absolute Gasteiger partial charge is 0.508 e. The van der Waals surface area contributed by atoms with E-state index in [1.165, 1.54) is 0 Å². The van der Waals surface area contributed by atoms with Crippen LogP contribution in [0.3, 0.4) is 0 Å². The minimum Gasteiger partial charge on any atom is -0.508 e. The highest BCUT2D eigenvalue weighted by Crippen LogP contribution is 2.26. The van der Waals surface area contributed by atoms with Crippen LogP contribution in [0.1, 0.15) is 27.0 Å². The molecule has 0 aliphatic rings. The molecule has 0 aliphatic heterocycles. The molecule has 0 atom stereocenters. The van der Waals surface area contributed by atoms with Gasteiger partial charge in [-0.15, -0.1) is 0 Å². The fourth-order valence-electron chi connectivity index (χ4n) is 2.09. The Morgan fingerprint density at radius 2 is 1.75 bits per heavy atom. The van der Waals surface area contributed by atoms with Crippen molar-refractivity contribution in [1.29, 1.82) is 0 Å². The Bertz CT molecular complexity index is 657. The first-order valence-corrected chi connectivity index (χ1v) is 7.06. The van der Waals surface area contributed by atoms with Crippen molar-refractivity contribution in [3.05, 3.63) is 57.1 Å². The van der Waals surface area contributed by atoms with E-state index < -0.39 is 0 Å². The lowest BCUT2D eigenvalue weighted by atomic mass is 10.1. The summed E-state index contributed by atoms with van der Waals surface area (Å²) in [5.74, 6) is -0.0969. The summed E-state index contributed by atoms with van der Waals surface area (Å²) in [5.41, 5.74) is 3.93. The van der Waals surface area contributed by atoms with E-state index in [0.29, 0.717) is 11.1 Å². The molecule has 20 heavy (non-hydrogen) atoms. The molecule has 0 spiro atoms. The summed E-state index contributed by atoms with van der Waals surface area (Å²) in [7, 11) is 0. The van der Waals surface area contributed by atoms with Crippen molar-refractivity contribution in [2.75, 3.05) is 5.32 Å². The average molecular weight is 334 g/mol. The summed E-state index contributed by atoms with van der Waals surface area (Å²) in [6, 6.07) is 8.75. The molecular weight excluding hydrogens is 318 g/mol. The number of hydrogen-bond acceptors (Lipinski definition) is 2. The third-order valence-corrected chi connectivity index (χ3v) is 4.49. The number of benzene rings is 2. The Morgan fingerprint density at radius 1 is 1.15 bits per heavy atom. The third kappa shape index (κ3) is 2.85. The maximum Gasteiger partial charge on any atom is 0.256 e. The van der Waals surface area contributed by atoms with E-state index in [1.54, 1.807) is 25.1 Å². The molecule has 0 saturated heterocycles. The second kappa shape index (κ2) is 5.67. The summed E-state index contributed by atoms with van der Waals surface area (Å²) in [5, 5.41) is 12.5. The van der Waals surface area contributed by atoms with Crippen molar-refractivity contribution >= 4 is 27.5 Å². The van der Waals surface area contributed by atoms with Crippen LogP contribution in [0.15, 0.2) is 34.8 Å². The first-order valence-electron chi connectivity index (χ1n) is 6.27. The summed E-state index contributed by atoms with van der Waals surface area (Å²) in [4.78, 5) is 12.3. The Morgan fingerprint density at radius 3 is 2.35 bits per heavy atom. The van der Waals surface area contributed by atoms with Crippen LogP contribution >= 0.6 is 15.9 Å². The van der Waals surface area contributed by atoms with E-state index in [4.69, 9.17) is 0 Å². The number of nitrogens with one attached hydrogen (secondary N) is 1. The number of halogens is 1. The van der Waals surface area contributed by atoms with Crippen LogP contribution in [0.2, 0.25) is 0 Å². The molecule has 4 heteroatoms. The van der Waals surface area contributed by atoms with Crippen LogP contribution in [-0.2, 0) is 0 Å². The van der Waals surface area contributed by atoms with Crippen LogP contribution in [0.4, 0.5) is 5.69 Å². The lowest BCUT2D eigenvalue weighted by Crippen LogP contribution is -2.13. The highest BCUT2D eigenvalue weighted by Gasteiger charge is 2.12. The average Bonchev–Trinajstić information content (AvgIpc) is 2.39. The standard InChI is InChI=1S/C16H16BrNO2/c1-9-7-12(8-10(2)15(9)17)18-16(20)13-5-4-6-14(19)11(13)3/h4-8,19H,1-3H3,(H,18,20). The van der Waals surface area contributed by atoms with Crippen molar-refractivity contribution in [2.45, 2.75) is 20.8 Å². The first-order chi connectivity index (χ1) is 9.40. The highest BCUT2D eigenvalue weighted by atomic mass is 79.9. The van der Waals surface area contributed by atoms with E-state index in [9.17, 15) is 9.90 Å². The second-order valence-corrected chi connectivity index (χ2v) is 5.62. The van der Waals surface area contributed by atoms with Gasteiger partial charge in [0.05, 0.1) is 0 Å². The number of hydrogen-bond donors (Lipinski definition) is 2. The Hall–Kier alpha value is -1.81. The number of phenolic OH excluding ortho intramolecular Hbond substituents is 1. The molecule has 0 saturated carbocycles. The smallest absolute Gasteiger partial charge is 0.256 e. The molecule has 0 aromatic heterocycles. The minimum atomic E-state index is -0.223. The van der Waals surface area contributed by atoms with Gasteiger partial charge in [-0.3, -0.25) is 4.79 Å². The molecule has 3 nitrogen and oxygen atoms in total. The number of amides is 1. The van der Waals surface area contributed by atoms with Crippen LogP contribution < -0.4 is 5.32 Å². The van der Waals surface area contributed by atoms with E-state index in [2.05, 4.69) is 21.2 Å². The molecular formula is C16H16BrNO2. The van der Waals surface area contributed by atoms with Crippen LogP contribution in [0, 0.1) is 20.8 Å². The molecule has 0 heterocycles. The monoisotopic (exact) mass is 333 g/mol. The highest BCUT2D eigenvalue weighted by molar-refractivity contribution is 9.10. The van der Waals surface area contributed by atoms with Gasteiger partial charge in [-0.2, -0.15) is 0 Å². The van der Waals surface area contributed by atoms with Crippen molar-refractivity contribution in [2.24, 2.45) is 0 Å². The number of phenols is 1. The topological polar surface area (TPSA) is 49.3 Å². The van der Waals surface area contributed by atoms with Crippen LogP contribution in [-0.4, -0.2) is 11.0 Å². The number of aryl methyl sites for hydroxylation is 2. The zero-order chi connectivity index (χ0) is 14.9. The molecule has 0 radical (unpaired) electrons. The molecule has 1 amide bonds. The van der Waals surface area contributed by atoms with E-state index in [1.807, 2.05) is 26.0 Å². The summed E-state index contributed by atoms with van der Waals surface area (Å²) < 4.78 is 1.05. The second-order valence-electron chi connectivity index (χ2n) is 4.83. The SMILES string of the molecule is Cc1cc(NC(=O)c2cccc(O)c2C)cc(C)c1Br. The van der Waals surface area contributed by atoms with Crippen LogP contribution in [0.25, 0.3) is 0 Å². The van der Waals surface area contributed by atoms with Crippen molar-refractivity contribution in [3.8, 4) is 5.75 Å². The summed E-state index contributed by atoms with van der Waals surface area (Å²) >= 11 is 3.50. The lowest BCUT2D eigenvalue weighted by Gasteiger charge is -2.11. The predicted octanol–water partition coefficient (Wildman–Crippen LogP) is 4.33. The van der Waals surface area contributed by atoms with Gasteiger partial charge in [0.1, 0.15) is 5.75 Å². The molecule has 0 bridgehead atoms. The van der Waals surface area contributed by atoms with Gasteiger partial charge in [0.2, 0.25) is 0 Å². The maximum atomic E-state index is 12.3. The zero-order valence-corrected chi connectivity index (χ0v) is 13.2. The van der Waals surface area contributed by atoms with Gasteiger partial charge < -0.3 is 10.4 Å². The zero-order valence-electron chi connectivity index (χ0n) is 11.6. The van der Waals surface area contributed by atoms with Crippen molar-refractivity contribution in [3.63, 3.8) is 0 Å². The maximum absolute atomic E-state index is 12.3. The molecule has 104 valence electrons. The van der Waals surface area contributed by atoms with Gasteiger partial charge in [-0.1, -0.05) is 22.0 Å². The number of rotatable bonds is 2. The van der Waals surface area contributed by atoms with Crippen LogP contribution in [0.5, 0.6) is 5.75 Å². The predicted molar refractivity (Wildman–Crippen MR) is 84.4 cm³/mol. The fourth-order valence-corrected chi connectivity index (χ4v) is 2.31. The molecule has 2 N–H and O–H groups in total. The Kier molecular flexibility index (Phi) is 4.14. The number of anilines is 1.